The Morgan fingerprint density at radius 2 is 2.00 bits per heavy atom. The second kappa shape index (κ2) is 7.26. The first-order valence-electron chi connectivity index (χ1n) is 8.31. The van der Waals surface area contributed by atoms with E-state index in [4.69, 9.17) is 5.10 Å². The van der Waals surface area contributed by atoms with Crippen LogP contribution in [0.2, 0.25) is 0 Å². The van der Waals surface area contributed by atoms with Crippen molar-refractivity contribution in [1.82, 2.24) is 15.1 Å². The van der Waals surface area contributed by atoms with Crippen molar-refractivity contribution < 1.29 is 0 Å². The van der Waals surface area contributed by atoms with Crippen LogP contribution in [0.5, 0.6) is 0 Å². The van der Waals surface area contributed by atoms with Gasteiger partial charge in [0, 0.05) is 12.2 Å². The topological polar surface area (TPSA) is 29.9 Å². The predicted octanol–water partition coefficient (Wildman–Crippen LogP) is 3.67. The van der Waals surface area contributed by atoms with E-state index in [1.54, 1.807) is 0 Å². The number of nitrogens with zero attached hydrogens (tertiary/aromatic N) is 2. The number of hydrogen-bond donors (Lipinski definition) is 1. The van der Waals surface area contributed by atoms with Crippen molar-refractivity contribution in [2.45, 2.75) is 59.4 Å². The number of rotatable bonds is 7. The third kappa shape index (κ3) is 4.34. The summed E-state index contributed by atoms with van der Waals surface area (Å²) in [6, 6.07) is 2.67. The fourth-order valence-electron chi connectivity index (χ4n) is 3.25. The van der Waals surface area contributed by atoms with Gasteiger partial charge < -0.3 is 5.32 Å². The fraction of sp³-hybridized carbons (Fsp3) is 0.824. The molecule has 1 fully saturated rings. The van der Waals surface area contributed by atoms with Crippen LogP contribution in [0.1, 0.15) is 58.7 Å². The minimum absolute atomic E-state index is 0.468. The van der Waals surface area contributed by atoms with E-state index in [1.807, 2.05) is 0 Å². The molecule has 0 amide bonds. The lowest BCUT2D eigenvalue weighted by Gasteiger charge is -2.20. The standard InChI is InChI=1S/C17H31N3/c1-13(2)11-18-12-16-7-5-6-15(16)10-17-8-9-20(19-17)14(3)4/h8-9,13-16,18H,5-7,10-12H2,1-4H3. The average molecular weight is 277 g/mol. The van der Waals surface area contributed by atoms with Crippen molar-refractivity contribution in [1.29, 1.82) is 0 Å². The van der Waals surface area contributed by atoms with Crippen LogP contribution in [0.3, 0.4) is 0 Å². The molecule has 1 aromatic heterocycles. The maximum absolute atomic E-state index is 4.71. The van der Waals surface area contributed by atoms with E-state index in [-0.39, 0.29) is 0 Å². The molecule has 2 atom stereocenters. The highest BCUT2D eigenvalue weighted by atomic mass is 15.3. The van der Waals surface area contributed by atoms with Crippen molar-refractivity contribution in [2.24, 2.45) is 17.8 Å². The van der Waals surface area contributed by atoms with E-state index in [1.165, 1.54) is 31.5 Å². The summed E-state index contributed by atoms with van der Waals surface area (Å²) < 4.78 is 2.08. The van der Waals surface area contributed by atoms with Crippen molar-refractivity contribution >= 4 is 0 Å². The molecule has 2 rings (SSSR count). The fourth-order valence-corrected chi connectivity index (χ4v) is 3.25. The molecule has 3 nitrogen and oxygen atoms in total. The predicted molar refractivity (Wildman–Crippen MR) is 84.9 cm³/mol. The van der Waals surface area contributed by atoms with Crippen molar-refractivity contribution in [3.8, 4) is 0 Å². The van der Waals surface area contributed by atoms with Crippen LogP contribution >= 0.6 is 0 Å². The van der Waals surface area contributed by atoms with Gasteiger partial charge in [0.1, 0.15) is 0 Å². The zero-order valence-corrected chi connectivity index (χ0v) is 13.6. The van der Waals surface area contributed by atoms with Gasteiger partial charge in [0.15, 0.2) is 0 Å². The van der Waals surface area contributed by atoms with Gasteiger partial charge in [-0.1, -0.05) is 20.3 Å². The van der Waals surface area contributed by atoms with E-state index >= 15 is 0 Å². The molecule has 1 aliphatic carbocycles. The molecular weight excluding hydrogens is 246 g/mol. The van der Waals surface area contributed by atoms with E-state index < -0.39 is 0 Å². The summed E-state index contributed by atoms with van der Waals surface area (Å²) in [6.45, 7) is 11.3. The van der Waals surface area contributed by atoms with Crippen LogP contribution in [0, 0.1) is 17.8 Å². The zero-order chi connectivity index (χ0) is 14.5. The summed E-state index contributed by atoms with van der Waals surface area (Å²) in [5.41, 5.74) is 1.28. The highest BCUT2D eigenvalue weighted by Gasteiger charge is 2.27. The Kier molecular flexibility index (Phi) is 5.64. The third-order valence-electron chi connectivity index (χ3n) is 4.44. The molecule has 0 spiro atoms. The van der Waals surface area contributed by atoms with Gasteiger partial charge in [-0.05, 0) is 70.0 Å². The average Bonchev–Trinajstić information content (AvgIpc) is 2.99. The summed E-state index contributed by atoms with van der Waals surface area (Å²) in [5, 5.41) is 8.35. The highest BCUT2D eigenvalue weighted by Crippen LogP contribution is 2.33. The zero-order valence-electron chi connectivity index (χ0n) is 13.6. The SMILES string of the molecule is CC(C)CNCC1CCCC1Cc1ccn(C(C)C)n1. The Labute approximate surface area is 124 Å². The minimum atomic E-state index is 0.468. The Hall–Kier alpha value is -0.830. The van der Waals surface area contributed by atoms with Crippen LogP contribution in [0.15, 0.2) is 12.3 Å². The van der Waals surface area contributed by atoms with Gasteiger partial charge >= 0.3 is 0 Å². The van der Waals surface area contributed by atoms with E-state index in [2.05, 4.69) is 50.0 Å². The lowest BCUT2D eigenvalue weighted by Crippen LogP contribution is -2.29. The molecule has 0 aromatic carbocycles. The second-order valence-corrected chi connectivity index (χ2v) is 7.09. The summed E-state index contributed by atoms with van der Waals surface area (Å²) in [7, 11) is 0. The lowest BCUT2D eigenvalue weighted by molar-refractivity contribution is 0.353. The maximum Gasteiger partial charge on any atom is 0.0627 e. The van der Waals surface area contributed by atoms with Gasteiger partial charge in [-0.2, -0.15) is 5.10 Å². The maximum atomic E-state index is 4.71. The molecule has 20 heavy (non-hydrogen) atoms. The van der Waals surface area contributed by atoms with Crippen LogP contribution in [0.4, 0.5) is 0 Å². The number of aromatic nitrogens is 2. The Morgan fingerprint density at radius 1 is 1.25 bits per heavy atom. The van der Waals surface area contributed by atoms with E-state index in [0.717, 1.165) is 30.7 Å². The largest absolute Gasteiger partial charge is 0.316 e. The summed E-state index contributed by atoms with van der Waals surface area (Å²) in [6.07, 6.45) is 7.45. The first-order valence-corrected chi connectivity index (χ1v) is 8.31. The molecule has 3 heteroatoms. The monoisotopic (exact) mass is 277 g/mol. The van der Waals surface area contributed by atoms with Gasteiger partial charge in [0.2, 0.25) is 0 Å². The van der Waals surface area contributed by atoms with Crippen molar-refractivity contribution in [3.05, 3.63) is 18.0 Å². The normalized spacial score (nSPS) is 23.1. The Morgan fingerprint density at radius 3 is 2.65 bits per heavy atom. The molecular formula is C17H31N3. The second-order valence-electron chi connectivity index (χ2n) is 7.09. The Balaban J connectivity index is 1.83. The molecule has 1 heterocycles. The summed E-state index contributed by atoms with van der Waals surface area (Å²) >= 11 is 0. The smallest absolute Gasteiger partial charge is 0.0627 e. The molecule has 0 saturated heterocycles. The van der Waals surface area contributed by atoms with E-state index in [9.17, 15) is 0 Å². The minimum Gasteiger partial charge on any atom is -0.316 e. The van der Waals surface area contributed by atoms with Gasteiger partial charge in [0.25, 0.3) is 0 Å². The van der Waals surface area contributed by atoms with Crippen LogP contribution in [-0.4, -0.2) is 22.9 Å². The first kappa shape index (κ1) is 15.6. The van der Waals surface area contributed by atoms with Crippen LogP contribution in [-0.2, 0) is 6.42 Å². The van der Waals surface area contributed by atoms with Gasteiger partial charge in [-0.3, -0.25) is 4.68 Å². The molecule has 0 radical (unpaired) electrons. The number of nitrogens with one attached hydrogen (secondary N) is 1. The first-order chi connectivity index (χ1) is 9.56. The van der Waals surface area contributed by atoms with Crippen molar-refractivity contribution in [2.75, 3.05) is 13.1 Å². The van der Waals surface area contributed by atoms with Gasteiger partial charge in [0.05, 0.1) is 5.69 Å². The lowest BCUT2D eigenvalue weighted by atomic mass is 9.91. The quantitative estimate of drug-likeness (QED) is 0.824. The third-order valence-corrected chi connectivity index (χ3v) is 4.44. The molecule has 0 bridgehead atoms. The summed E-state index contributed by atoms with van der Waals surface area (Å²) in [4.78, 5) is 0. The van der Waals surface area contributed by atoms with Crippen molar-refractivity contribution in [3.63, 3.8) is 0 Å². The Bertz CT molecular complexity index is 395. The molecule has 0 aliphatic heterocycles. The number of hydrogen-bond acceptors (Lipinski definition) is 2. The molecule has 1 aliphatic rings. The highest BCUT2D eigenvalue weighted by molar-refractivity contribution is 5.02. The van der Waals surface area contributed by atoms with Crippen LogP contribution in [0.25, 0.3) is 0 Å². The van der Waals surface area contributed by atoms with Gasteiger partial charge in [-0.15, -0.1) is 0 Å². The molecule has 1 saturated carbocycles. The van der Waals surface area contributed by atoms with E-state index in [0.29, 0.717) is 6.04 Å². The van der Waals surface area contributed by atoms with Gasteiger partial charge in [-0.25, -0.2) is 0 Å². The van der Waals surface area contributed by atoms with Crippen LogP contribution < -0.4 is 5.32 Å². The molecule has 1 N–H and O–H groups in total. The molecule has 2 unspecified atom stereocenters. The molecule has 1 aromatic rings. The molecule has 114 valence electrons. The summed E-state index contributed by atoms with van der Waals surface area (Å²) in [5.74, 6) is 2.42.